The second kappa shape index (κ2) is 3.43. The molecule has 14 heavy (non-hydrogen) atoms. The van der Waals surface area contributed by atoms with Gasteiger partial charge in [-0.05, 0) is 56.2 Å². The molecule has 1 fully saturated rings. The van der Waals surface area contributed by atoms with Crippen molar-refractivity contribution in [2.75, 3.05) is 0 Å². The average Bonchev–Trinajstić information content (AvgIpc) is 2.85. The van der Waals surface area contributed by atoms with Gasteiger partial charge < -0.3 is 0 Å². The fourth-order valence-electron chi connectivity index (χ4n) is 1.66. The maximum atomic E-state index is 4.42. The summed E-state index contributed by atoms with van der Waals surface area (Å²) in [5, 5.41) is 0. The Morgan fingerprint density at radius 3 is 2.14 bits per heavy atom. The molecule has 1 aliphatic rings. The summed E-state index contributed by atoms with van der Waals surface area (Å²) in [6, 6.07) is 4.34. The molecule has 0 N–H and O–H groups in total. The number of hydrogen-bond donors (Lipinski definition) is 0. The molecule has 1 aromatic carbocycles. The van der Waals surface area contributed by atoms with Crippen LogP contribution < -0.4 is 0 Å². The Morgan fingerprint density at radius 2 is 1.64 bits per heavy atom. The molecule has 0 spiro atoms. The molecule has 1 nitrogen and oxygen atoms in total. The van der Waals surface area contributed by atoms with Crippen molar-refractivity contribution in [3.63, 3.8) is 0 Å². The first-order valence-corrected chi connectivity index (χ1v) is 5.06. The van der Waals surface area contributed by atoms with Gasteiger partial charge in [0.15, 0.2) is 0 Å². The van der Waals surface area contributed by atoms with Crippen LogP contribution in [0.2, 0.25) is 0 Å². The zero-order valence-corrected chi connectivity index (χ0v) is 9.02. The predicted octanol–water partition coefficient (Wildman–Crippen LogP) is 3.63. The number of nitrogens with zero attached hydrogens (tertiary/aromatic N) is 1. The maximum absolute atomic E-state index is 4.42. The molecule has 0 saturated heterocycles. The highest BCUT2D eigenvalue weighted by molar-refractivity contribution is 5.69. The summed E-state index contributed by atoms with van der Waals surface area (Å²) in [5.74, 6) is 3.12. The highest BCUT2D eigenvalue weighted by atomic mass is 14.7. The van der Waals surface area contributed by atoms with Gasteiger partial charge >= 0.3 is 0 Å². The molecule has 0 amide bonds. The van der Waals surface area contributed by atoms with Crippen molar-refractivity contribution in [2.45, 2.75) is 33.6 Å². The summed E-state index contributed by atoms with van der Waals surface area (Å²) < 4.78 is 0. The minimum atomic E-state index is 1.09. The molecule has 72 valence electrons. The summed E-state index contributed by atoms with van der Waals surface area (Å²) in [7, 11) is 0. The third-order valence-corrected chi connectivity index (χ3v) is 2.46. The minimum absolute atomic E-state index is 1.09. The van der Waals surface area contributed by atoms with Gasteiger partial charge in [0.1, 0.15) is 0 Å². The highest BCUT2D eigenvalue weighted by Gasteiger charge is 2.10. The first-order chi connectivity index (χ1) is 6.66. The van der Waals surface area contributed by atoms with Gasteiger partial charge in [0, 0.05) is 0 Å². The van der Waals surface area contributed by atoms with Gasteiger partial charge in [0.25, 0.3) is 0 Å². The summed E-state index contributed by atoms with van der Waals surface area (Å²) in [5.41, 5.74) is 6.24. The second-order valence-electron chi connectivity index (χ2n) is 4.07. The van der Waals surface area contributed by atoms with Crippen LogP contribution in [-0.4, -0.2) is 5.87 Å². The van der Waals surface area contributed by atoms with Crippen LogP contribution in [0.1, 0.15) is 29.5 Å². The van der Waals surface area contributed by atoms with E-state index in [1.807, 2.05) is 0 Å². The van der Waals surface area contributed by atoms with Crippen molar-refractivity contribution >= 4 is 11.6 Å². The van der Waals surface area contributed by atoms with E-state index in [-0.39, 0.29) is 0 Å². The SMILES string of the molecule is Cc1cc(C)c(N=C=C2CC2)c(C)c1. The van der Waals surface area contributed by atoms with Gasteiger partial charge in [-0.2, -0.15) is 0 Å². The number of benzene rings is 1. The third kappa shape index (κ3) is 1.94. The largest absolute Gasteiger partial charge is 0.206 e. The zero-order valence-electron chi connectivity index (χ0n) is 9.02. The molecule has 0 heterocycles. The van der Waals surface area contributed by atoms with Crippen molar-refractivity contribution in [1.29, 1.82) is 0 Å². The first-order valence-electron chi connectivity index (χ1n) is 5.06. The Kier molecular flexibility index (Phi) is 2.26. The van der Waals surface area contributed by atoms with E-state index in [0.29, 0.717) is 0 Å². The normalized spacial score (nSPS) is 13.8. The molecule has 1 heteroatoms. The van der Waals surface area contributed by atoms with Crippen molar-refractivity contribution in [3.8, 4) is 0 Å². The molecular weight excluding hydrogens is 170 g/mol. The van der Waals surface area contributed by atoms with Gasteiger partial charge in [-0.15, -0.1) is 0 Å². The molecule has 0 radical (unpaired) electrons. The van der Waals surface area contributed by atoms with Crippen molar-refractivity contribution < 1.29 is 0 Å². The summed E-state index contributed by atoms with van der Waals surface area (Å²) in [6.07, 6.45) is 2.38. The smallest absolute Gasteiger partial charge is 0.0788 e. The molecule has 1 saturated carbocycles. The Morgan fingerprint density at radius 1 is 1.07 bits per heavy atom. The van der Waals surface area contributed by atoms with E-state index in [2.05, 4.69) is 43.8 Å². The molecule has 0 bridgehead atoms. The molecule has 0 unspecified atom stereocenters. The number of allylic oxidation sites excluding steroid dienone is 1. The monoisotopic (exact) mass is 185 g/mol. The van der Waals surface area contributed by atoms with Crippen LogP contribution >= 0.6 is 0 Å². The fraction of sp³-hybridized carbons (Fsp3) is 0.385. The molecule has 1 aliphatic carbocycles. The van der Waals surface area contributed by atoms with Crippen LogP contribution in [0, 0.1) is 20.8 Å². The van der Waals surface area contributed by atoms with Crippen LogP contribution in [0.5, 0.6) is 0 Å². The Bertz CT molecular complexity index is 406. The quantitative estimate of drug-likeness (QED) is 0.592. The highest BCUT2D eigenvalue weighted by Crippen LogP contribution is 2.27. The van der Waals surface area contributed by atoms with E-state index >= 15 is 0 Å². The van der Waals surface area contributed by atoms with E-state index in [0.717, 1.165) is 5.69 Å². The summed E-state index contributed by atoms with van der Waals surface area (Å²) >= 11 is 0. The third-order valence-electron chi connectivity index (χ3n) is 2.46. The molecular formula is C13H15N. The number of rotatable bonds is 1. The predicted molar refractivity (Wildman–Crippen MR) is 60.5 cm³/mol. The van der Waals surface area contributed by atoms with Gasteiger partial charge in [-0.3, -0.25) is 0 Å². The fourth-order valence-corrected chi connectivity index (χ4v) is 1.66. The zero-order chi connectivity index (χ0) is 10.1. The maximum Gasteiger partial charge on any atom is 0.0788 e. The van der Waals surface area contributed by atoms with Crippen LogP contribution in [0.25, 0.3) is 0 Å². The lowest BCUT2D eigenvalue weighted by Gasteiger charge is -2.04. The van der Waals surface area contributed by atoms with Gasteiger partial charge in [0.05, 0.1) is 5.69 Å². The van der Waals surface area contributed by atoms with Gasteiger partial charge in [-0.1, -0.05) is 17.7 Å². The van der Waals surface area contributed by atoms with E-state index in [4.69, 9.17) is 0 Å². The van der Waals surface area contributed by atoms with E-state index < -0.39 is 0 Å². The molecule has 0 aliphatic heterocycles. The number of aryl methyl sites for hydroxylation is 3. The van der Waals surface area contributed by atoms with E-state index in [1.54, 1.807) is 0 Å². The molecule has 2 rings (SSSR count). The van der Waals surface area contributed by atoms with E-state index in [1.165, 1.54) is 35.1 Å². The standard InChI is InChI=1S/C13H15N/c1-9-6-10(2)13(11(3)7-9)14-8-12-4-5-12/h6-7H,4-5H2,1-3H3. The van der Waals surface area contributed by atoms with E-state index in [9.17, 15) is 0 Å². The number of hydrogen-bond acceptors (Lipinski definition) is 1. The lowest BCUT2D eigenvalue weighted by Crippen LogP contribution is -1.82. The molecule has 0 atom stereocenters. The van der Waals surface area contributed by atoms with Crippen LogP contribution in [0.4, 0.5) is 5.69 Å². The summed E-state index contributed by atoms with van der Waals surface area (Å²) in [6.45, 7) is 6.34. The topological polar surface area (TPSA) is 12.4 Å². The Balaban J connectivity index is 2.46. The van der Waals surface area contributed by atoms with Crippen molar-refractivity contribution in [3.05, 3.63) is 34.4 Å². The Hall–Kier alpha value is -1.33. The number of aliphatic imine (C=N–C) groups is 1. The minimum Gasteiger partial charge on any atom is -0.206 e. The Labute approximate surface area is 85.2 Å². The first kappa shape index (κ1) is 9.23. The van der Waals surface area contributed by atoms with Crippen molar-refractivity contribution in [1.82, 2.24) is 0 Å². The average molecular weight is 185 g/mol. The van der Waals surface area contributed by atoms with Crippen molar-refractivity contribution in [2.24, 2.45) is 4.99 Å². The van der Waals surface area contributed by atoms with Gasteiger partial charge in [0.2, 0.25) is 0 Å². The van der Waals surface area contributed by atoms with Gasteiger partial charge in [-0.25, -0.2) is 4.99 Å². The van der Waals surface area contributed by atoms with Crippen LogP contribution in [0.15, 0.2) is 22.7 Å². The second-order valence-corrected chi connectivity index (χ2v) is 4.07. The lowest BCUT2D eigenvalue weighted by atomic mass is 10.1. The molecule has 0 aromatic heterocycles. The molecule has 1 aromatic rings. The van der Waals surface area contributed by atoms with Crippen LogP contribution in [0.3, 0.4) is 0 Å². The summed E-state index contributed by atoms with van der Waals surface area (Å²) in [4.78, 5) is 4.42. The van der Waals surface area contributed by atoms with Crippen LogP contribution in [-0.2, 0) is 0 Å². The lowest BCUT2D eigenvalue weighted by molar-refractivity contribution is 1.29.